The van der Waals surface area contributed by atoms with Crippen LogP contribution in [0.1, 0.15) is 25.1 Å². The van der Waals surface area contributed by atoms with Gasteiger partial charge in [-0.1, -0.05) is 0 Å². The number of nitrogens with one attached hydrogen (secondary N) is 1. The van der Waals surface area contributed by atoms with E-state index in [1.165, 1.54) is 11.1 Å². The second-order valence-electron chi connectivity index (χ2n) is 3.87. The molecule has 2 heterocycles. The fourth-order valence-corrected chi connectivity index (χ4v) is 1.61. The van der Waals surface area contributed by atoms with E-state index < -0.39 is 12.1 Å². The van der Waals surface area contributed by atoms with Crippen molar-refractivity contribution in [3.63, 3.8) is 0 Å². The number of anilines is 1. The highest BCUT2D eigenvalue weighted by atomic mass is 16.3. The lowest BCUT2D eigenvalue weighted by molar-refractivity contribution is -0.120. The minimum absolute atomic E-state index is 0.264. The average molecular weight is 235 g/mol. The van der Waals surface area contributed by atoms with Crippen LogP contribution in [-0.2, 0) is 4.79 Å². The highest BCUT2D eigenvalue weighted by Crippen LogP contribution is 2.18. The fourth-order valence-electron chi connectivity index (χ4n) is 1.61. The standard InChI is InChI=1S/C11H13N3O3/c1-7(15)9-3-2-8(6-12-9)14-5-4-10(16)13-11(14)17/h2-3,6-7,15H,4-5H2,1H3,(H,13,16,17). The fraction of sp³-hybridized carbons (Fsp3) is 0.364. The van der Waals surface area contributed by atoms with E-state index in [2.05, 4.69) is 10.3 Å². The number of carbonyl (C=O) groups is 2. The van der Waals surface area contributed by atoms with Crippen molar-refractivity contribution in [2.24, 2.45) is 0 Å². The van der Waals surface area contributed by atoms with Crippen molar-refractivity contribution in [3.8, 4) is 0 Å². The molecule has 2 N–H and O–H groups in total. The van der Waals surface area contributed by atoms with E-state index in [4.69, 9.17) is 0 Å². The molecule has 1 aromatic heterocycles. The van der Waals surface area contributed by atoms with Gasteiger partial charge in [0, 0.05) is 13.0 Å². The number of nitrogens with zero attached hydrogens (tertiary/aromatic N) is 2. The van der Waals surface area contributed by atoms with Crippen LogP contribution in [0.2, 0.25) is 0 Å². The van der Waals surface area contributed by atoms with Crippen molar-refractivity contribution in [1.82, 2.24) is 10.3 Å². The zero-order valence-electron chi connectivity index (χ0n) is 9.38. The van der Waals surface area contributed by atoms with Crippen LogP contribution in [-0.4, -0.2) is 28.6 Å². The Morgan fingerprint density at radius 2 is 2.24 bits per heavy atom. The zero-order chi connectivity index (χ0) is 12.4. The number of urea groups is 1. The third-order valence-corrected chi connectivity index (χ3v) is 2.56. The number of aromatic nitrogens is 1. The molecular formula is C11H13N3O3. The molecular weight excluding hydrogens is 222 g/mol. The first-order valence-corrected chi connectivity index (χ1v) is 5.33. The summed E-state index contributed by atoms with van der Waals surface area (Å²) >= 11 is 0. The Labute approximate surface area is 98.3 Å². The quantitative estimate of drug-likeness (QED) is 0.785. The zero-order valence-corrected chi connectivity index (χ0v) is 9.38. The largest absolute Gasteiger partial charge is 0.387 e. The molecule has 2 rings (SSSR count). The Morgan fingerprint density at radius 1 is 1.47 bits per heavy atom. The van der Waals surface area contributed by atoms with Crippen molar-refractivity contribution in [3.05, 3.63) is 24.0 Å². The highest BCUT2D eigenvalue weighted by Gasteiger charge is 2.24. The number of rotatable bonds is 2. The van der Waals surface area contributed by atoms with Crippen LogP contribution in [0.5, 0.6) is 0 Å². The summed E-state index contributed by atoms with van der Waals surface area (Å²) in [6.07, 6.45) is 1.15. The first-order valence-electron chi connectivity index (χ1n) is 5.33. The molecule has 1 aliphatic heterocycles. The monoisotopic (exact) mass is 235 g/mol. The molecule has 90 valence electrons. The second kappa shape index (κ2) is 4.50. The van der Waals surface area contributed by atoms with Gasteiger partial charge in [-0.05, 0) is 19.1 Å². The number of pyridine rings is 1. The second-order valence-corrected chi connectivity index (χ2v) is 3.87. The molecule has 0 spiro atoms. The maximum Gasteiger partial charge on any atom is 0.328 e. The minimum Gasteiger partial charge on any atom is -0.387 e. The van der Waals surface area contributed by atoms with Crippen LogP contribution in [0.15, 0.2) is 18.3 Å². The molecule has 0 saturated carbocycles. The molecule has 0 aliphatic carbocycles. The van der Waals surface area contributed by atoms with Gasteiger partial charge < -0.3 is 5.11 Å². The van der Waals surface area contributed by atoms with E-state index in [0.29, 0.717) is 17.9 Å². The summed E-state index contributed by atoms with van der Waals surface area (Å²) < 4.78 is 0. The van der Waals surface area contributed by atoms with E-state index in [-0.39, 0.29) is 12.3 Å². The summed E-state index contributed by atoms with van der Waals surface area (Å²) in [5.41, 5.74) is 1.15. The smallest absolute Gasteiger partial charge is 0.328 e. The van der Waals surface area contributed by atoms with Crippen LogP contribution in [0.4, 0.5) is 10.5 Å². The van der Waals surface area contributed by atoms with Gasteiger partial charge in [-0.2, -0.15) is 0 Å². The number of imide groups is 1. The highest BCUT2D eigenvalue weighted by molar-refractivity contribution is 6.05. The normalized spacial score (nSPS) is 17.9. The molecule has 1 aliphatic rings. The summed E-state index contributed by atoms with van der Waals surface area (Å²) in [4.78, 5) is 28.0. The molecule has 1 fully saturated rings. The molecule has 1 atom stereocenters. The number of aliphatic hydroxyl groups excluding tert-OH is 1. The first-order chi connectivity index (χ1) is 8.08. The van der Waals surface area contributed by atoms with E-state index in [0.717, 1.165) is 0 Å². The van der Waals surface area contributed by atoms with Crippen molar-refractivity contribution in [1.29, 1.82) is 0 Å². The summed E-state index contributed by atoms with van der Waals surface area (Å²) in [6.45, 7) is 1.97. The third kappa shape index (κ3) is 2.42. The van der Waals surface area contributed by atoms with Gasteiger partial charge in [0.2, 0.25) is 5.91 Å². The van der Waals surface area contributed by atoms with Gasteiger partial charge >= 0.3 is 6.03 Å². The van der Waals surface area contributed by atoms with Crippen LogP contribution >= 0.6 is 0 Å². The van der Waals surface area contributed by atoms with E-state index >= 15 is 0 Å². The van der Waals surface area contributed by atoms with Crippen LogP contribution in [0.25, 0.3) is 0 Å². The van der Waals surface area contributed by atoms with Gasteiger partial charge in [0.15, 0.2) is 0 Å². The van der Waals surface area contributed by atoms with Crippen LogP contribution < -0.4 is 10.2 Å². The lowest BCUT2D eigenvalue weighted by Crippen LogP contribution is -2.49. The lowest BCUT2D eigenvalue weighted by Gasteiger charge is -2.26. The third-order valence-electron chi connectivity index (χ3n) is 2.56. The number of hydrogen-bond donors (Lipinski definition) is 2. The molecule has 1 unspecified atom stereocenters. The Morgan fingerprint density at radius 3 is 2.76 bits per heavy atom. The van der Waals surface area contributed by atoms with E-state index in [1.54, 1.807) is 19.1 Å². The van der Waals surface area contributed by atoms with Gasteiger partial charge in [-0.3, -0.25) is 20.0 Å². The Kier molecular flexibility index (Phi) is 3.06. The summed E-state index contributed by atoms with van der Waals surface area (Å²) in [5.74, 6) is -0.264. The van der Waals surface area contributed by atoms with Gasteiger partial charge in [-0.25, -0.2) is 4.79 Å². The summed E-state index contributed by atoms with van der Waals surface area (Å²) in [7, 11) is 0. The van der Waals surface area contributed by atoms with Crippen LogP contribution in [0, 0.1) is 0 Å². The molecule has 0 bridgehead atoms. The number of carbonyl (C=O) groups excluding carboxylic acids is 2. The molecule has 1 saturated heterocycles. The molecule has 6 nitrogen and oxygen atoms in total. The van der Waals surface area contributed by atoms with Crippen LogP contribution in [0.3, 0.4) is 0 Å². The van der Waals surface area contributed by atoms with Crippen molar-refractivity contribution >= 4 is 17.6 Å². The Balaban J connectivity index is 2.17. The molecule has 6 heteroatoms. The van der Waals surface area contributed by atoms with Gasteiger partial charge in [0.25, 0.3) is 0 Å². The topological polar surface area (TPSA) is 82.5 Å². The van der Waals surface area contributed by atoms with Gasteiger partial charge in [0.1, 0.15) is 0 Å². The lowest BCUT2D eigenvalue weighted by atomic mass is 10.2. The Hall–Kier alpha value is -1.95. The van der Waals surface area contributed by atoms with Gasteiger partial charge in [-0.15, -0.1) is 0 Å². The molecule has 1 aromatic rings. The molecule has 17 heavy (non-hydrogen) atoms. The van der Waals surface area contributed by atoms with E-state index in [9.17, 15) is 14.7 Å². The van der Waals surface area contributed by atoms with Crippen molar-refractivity contribution in [2.75, 3.05) is 11.4 Å². The number of hydrogen-bond acceptors (Lipinski definition) is 4. The summed E-state index contributed by atoms with van der Waals surface area (Å²) in [6, 6.07) is 2.92. The number of amides is 3. The maximum atomic E-state index is 11.5. The van der Waals surface area contributed by atoms with Crippen molar-refractivity contribution < 1.29 is 14.7 Å². The minimum atomic E-state index is -0.638. The predicted octanol–water partition coefficient (Wildman–Crippen LogP) is 0.581. The molecule has 3 amide bonds. The average Bonchev–Trinajstić information content (AvgIpc) is 2.29. The maximum absolute atomic E-state index is 11.5. The first kappa shape index (κ1) is 11.5. The van der Waals surface area contributed by atoms with Crippen molar-refractivity contribution in [2.45, 2.75) is 19.4 Å². The Bertz CT molecular complexity index is 442. The van der Waals surface area contributed by atoms with Gasteiger partial charge in [0.05, 0.1) is 23.7 Å². The van der Waals surface area contributed by atoms with E-state index in [1.807, 2.05) is 0 Å². The summed E-state index contributed by atoms with van der Waals surface area (Å²) in [5, 5.41) is 11.5. The predicted molar refractivity (Wildman–Crippen MR) is 60.4 cm³/mol. The SMILES string of the molecule is CC(O)c1ccc(N2CCC(=O)NC2=O)cn1. The number of aliphatic hydroxyl groups is 1. The molecule has 0 aromatic carbocycles. The molecule has 0 radical (unpaired) electrons.